The Morgan fingerprint density at radius 2 is 2.10 bits per heavy atom. The number of carbonyl (C=O) groups is 1. The molecule has 1 aliphatic heterocycles. The highest BCUT2D eigenvalue weighted by Crippen LogP contribution is 2.27. The smallest absolute Gasteiger partial charge is 0.239 e. The number of carbonyl (C=O) groups excluding carboxylic acids is 1. The second kappa shape index (κ2) is 10.4. The second-order valence-electron chi connectivity index (χ2n) is 8.08. The number of aryl methyl sites for hydroxylation is 1. The van der Waals surface area contributed by atoms with E-state index in [0.717, 1.165) is 12.1 Å². The molecule has 8 nitrogen and oxygen atoms in total. The molecule has 1 fully saturated rings. The van der Waals surface area contributed by atoms with E-state index in [9.17, 15) is 13.2 Å². The normalized spacial score (nSPS) is 18.9. The van der Waals surface area contributed by atoms with Gasteiger partial charge in [-0.1, -0.05) is 37.3 Å². The van der Waals surface area contributed by atoms with Crippen LogP contribution in [-0.4, -0.2) is 73.4 Å². The van der Waals surface area contributed by atoms with Gasteiger partial charge in [0, 0.05) is 19.2 Å². The lowest BCUT2D eigenvalue weighted by Gasteiger charge is -2.30. The molecule has 1 amide bonds. The fourth-order valence-corrected chi connectivity index (χ4v) is 5.79. The number of hydrogen-bond donors (Lipinski definition) is 1. The first-order valence-electron chi connectivity index (χ1n) is 10.6. The van der Waals surface area contributed by atoms with Gasteiger partial charge in [-0.2, -0.15) is 5.10 Å². The van der Waals surface area contributed by atoms with Gasteiger partial charge in [0.25, 0.3) is 0 Å². The summed E-state index contributed by atoms with van der Waals surface area (Å²) in [6.07, 6.45) is 1.30. The molecular formula is C22H32N4O4S. The fraction of sp³-hybridized carbons (Fsp3) is 0.545. The molecule has 3 rings (SSSR count). The minimum absolute atomic E-state index is 0.0606. The van der Waals surface area contributed by atoms with Crippen molar-refractivity contribution in [2.45, 2.75) is 38.8 Å². The first kappa shape index (κ1) is 23.4. The number of likely N-dealkylation sites (N-methyl/N-ethyl adjacent to an activating group) is 1. The van der Waals surface area contributed by atoms with Crippen LogP contribution >= 0.6 is 0 Å². The maximum Gasteiger partial charge on any atom is 0.239 e. The van der Waals surface area contributed by atoms with Gasteiger partial charge in [0.2, 0.25) is 5.91 Å². The molecule has 0 bridgehead atoms. The number of ether oxygens (including phenoxy) is 1. The van der Waals surface area contributed by atoms with E-state index in [1.807, 2.05) is 32.0 Å². The Kier molecular flexibility index (Phi) is 7.85. The van der Waals surface area contributed by atoms with Crippen LogP contribution in [-0.2, 0) is 25.8 Å². The van der Waals surface area contributed by atoms with Crippen molar-refractivity contribution in [3.63, 3.8) is 0 Å². The Morgan fingerprint density at radius 3 is 2.71 bits per heavy atom. The predicted molar refractivity (Wildman–Crippen MR) is 121 cm³/mol. The first-order chi connectivity index (χ1) is 14.8. The Balaban J connectivity index is 1.68. The van der Waals surface area contributed by atoms with Crippen LogP contribution in [0.1, 0.15) is 30.6 Å². The number of hydrogen-bond acceptors (Lipinski definition) is 6. The lowest BCUT2D eigenvalue weighted by atomic mass is 10.1. The quantitative estimate of drug-likeness (QED) is 0.598. The van der Waals surface area contributed by atoms with E-state index in [0.29, 0.717) is 25.4 Å². The number of amides is 1. The van der Waals surface area contributed by atoms with Gasteiger partial charge >= 0.3 is 0 Å². The van der Waals surface area contributed by atoms with Crippen LogP contribution in [0.3, 0.4) is 0 Å². The maximum absolute atomic E-state index is 12.9. The number of benzene rings is 1. The Labute approximate surface area is 184 Å². The van der Waals surface area contributed by atoms with Gasteiger partial charge in [0.1, 0.15) is 5.82 Å². The van der Waals surface area contributed by atoms with Crippen molar-refractivity contribution in [1.29, 1.82) is 0 Å². The molecule has 0 aliphatic carbocycles. The van der Waals surface area contributed by atoms with Crippen LogP contribution in [0.4, 0.5) is 5.82 Å². The van der Waals surface area contributed by atoms with Gasteiger partial charge in [0.15, 0.2) is 9.84 Å². The van der Waals surface area contributed by atoms with Gasteiger partial charge in [-0.05, 0) is 31.9 Å². The average Bonchev–Trinajstić information content (AvgIpc) is 3.27. The van der Waals surface area contributed by atoms with Crippen LogP contribution in [0.15, 0.2) is 36.4 Å². The van der Waals surface area contributed by atoms with Crippen LogP contribution in [0, 0.1) is 6.92 Å². The molecule has 31 heavy (non-hydrogen) atoms. The zero-order valence-electron chi connectivity index (χ0n) is 18.5. The minimum Gasteiger partial charge on any atom is -0.383 e. The molecule has 2 atom stereocenters. The van der Waals surface area contributed by atoms with E-state index in [2.05, 4.69) is 27.4 Å². The lowest BCUT2D eigenvalue weighted by Crippen LogP contribution is -2.44. The second-order valence-corrected chi connectivity index (χ2v) is 10.3. The summed E-state index contributed by atoms with van der Waals surface area (Å²) >= 11 is 0. The molecule has 0 saturated carbocycles. The molecule has 170 valence electrons. The van der Waals surface area contributed by atoms with E-state index in [4.69, 9.17) is 4.74 Å². The highest BCUT2D eigenvalue weighted by Gasteiger charge is 2.31. The van der Waals surface area contributed by atoms with Crippen molar-refractivity contribution in [3.05, 3.63) is 47.7 Å². The van der Waals surface area contributed by atoms with Crippen molar-refractivity contribution in [2.24, 2.45) is 0 Å². The van der Waals surface area contributed by atoms with Crippen molar-refractivity contribution in [2.75, 3.05) is 43.6 Å². The average molecular weight is 449 g/mol. The number of methoxy groups -OCH3 is 1. The largest absolute Gasteiger partial charge is 0.383 e. The molecular weight excluding hydrogens is 416 g/mol. The monoisotopic (exact) mass is 448 g/mol. The van der Waals surface area contributed by atoms with E-state index in [1.165, 1.54) is 5.56 Å². The summed E-state index contributed by atoms with van der Waals surface area (Å²) in [6, 6.07) is 11.8. The summed E-state index contributed by atoms with van der Waals surface area (Å²) in [5.41, 5.74) is 1.94. The SMILES string of the molecule is CCN(CC(=O)Nc1cc(C)nn1[C@@H]1CCS(=O)(=O)C1)[C@H](COC)Cc1ccccc1. The third-order valence-corrected chi connectivity index (χ3v) is 7.37. The number of nitrogens with zero attached hydrogens (tertiary/aromatic N) is 3. The highest BCUT2D eigenvalue weighted by molar-refractivity contribution is 7.91. The fourth-order valence-electron chi connectivity index (χ4n) is 4.09. The Morgan fingerprint density at radius 1 is 1.35 bits per heavy atom. The molecule has 0 spiro atoms. The summed E-state index contributed by atoms with van der Waals surface area (Å²) in [7, 11) is -1.38. The summed E-state index contributed by atoms with van der Waals surface area (Å²) in [5.74, 6) is 0.613. The standard InChI is InChI=1S/C22H32N4O4S/c1-4-25(20(15-30-3)13-18-8-6-5-7-9-18)14-22(27)23-21-12-17(2)24-26(21)19-10-11-31(28,29)16-19/h5-9,12,19-20H,4,10-11,13-16H2,1-3H3,(H,23,27)/t19-,20+/m1/s1. The van der Waals surface area contributed by atoms with Crippen LogP contribution < -0.4 is 5.32 Å². The molecule has 0 radical (unpaired) electrons. The number of sulfone groups is 1. The number of nitrogens with one attached hydrogen (secondary N) is 1. The van der Waals surface area contributed by atoms with Gasteiger partial charge in [-0.25, -0.2) is 13.1 Å². The third kappa shape index (κ3) is 6.38. The predicted octanol–water partition coefficient (Wildman–Crippen LogP) is 2.07. The minimum atomic E-state index is -3.05. The molecule has 1 aromatic heterocycles. The van der Waals surface area contributed by atoms with Crippen molar-refractivity contribution >= 4 is 21.6 Å². The van der Waals surface area contributed by atoms with E-state index >= 15 is 0 Å². The first-order valence-corrected chi connectivity index (χ1v) is 12.5. The van der Waals surface area contributed by atoms with Gasteiger partial charge < -0.3 is 10.1 Å². The zero-order chi connectivity index (χ0) is 22.4. The molecule has 1 aliphatic rings. The van der Waals surface area contributed by atoms with Crippen LogP contribution in [0.25, 0.3) is 0 Å². The Hall–Kier alpha value is -2.23. The van der Waals surface area contributed by atoms with Crippen LogP contribution in [0.5, 0.6) is 0 Å². The van der Waals surface area contributed by atoms with Crippen molar-refractivity contribution < 1.29 is 17.9 Å². The van der Waals surface area contributed by atoms with Gasteiger partial charge in [-0.15, -0.1) is 0 Å². The molecule has 2 heterocycles. The maximum atomic E-state index is 12.9. The molecule has 1 saturated heterocycles. The van der Waals surface area contributed by atoms with Gasteiger partial charge in [0.05, 0.1) is 36.4 Å². The Bertz CT molecular complexity index is 975. The third-order valence-electron chi connectivity index (χ3n) is 5.62. The van der Waals surface area contributed by atoms with Crippen LogP contribution in [0.2, 0.25) is 0 Å². The topological polar surface area (TPSA) is 93.5 Å². The van der Waals surface area contributed by atoms with Gasteiger partial charge in [-0.3, -0.25) is 9.69 Å². The summed E-state index contributed by atoms with van der Waals surface area (Å²) in [6.45, 7) is 5.30. The van der Waals surface area contributed by atoms with E-state index in [1.54, 1.807) is 17.9 Å². The van der Waals surface area contributed by atoms with Crippen molar-refractivity contribution in [3.8, 4) is 0 Å². The van der Waals surface area contributed by atoms with E-state index in [-0.39, 0.29) is 36.0 Å². The van der Waals surface area contributed by atoms with Crippen molar-refractivity contribution in [1.82, 2.24) is 14.7 Å². The number of aromatic nitrogens is 2. The molecule has 9 heteroatoms. The zero-order valence-corrected chi connectivity index (χ0v) is 19.3. The van der Waals surface area contributed by atoms with E-state index < -0.39 is 9.84 Å². The highest BCUT2D eigenvalue weighted by atomic mass is 32.2. The summed E-state index contributed by atoms with van der Waals surface area (Å²) in [5, 5.41) is 7.38. The molecule has 2 aromatic rings. The molecule has 1 N–H and O–H groups in total. The number of anilines is 1. The summed E-state index contributed by atoms with van der Waals surface area (Å²) in [4.78, 5) is 15.0. The molecule has 1 aromatic carbocycles. The molecule has 0 unspecified atom stereocenters. The number of rotatable bonds is 10. The lowest BCUT2D eigenvalue weighted by molar-refractivity contribution is -0.118. The summed E-state index contributed by atoms with van der Waals surface area (Å²) < 4.78 is 30.8.